The average molecular weight is 1130 g/mol. The number of nitrogens with zero attached hydrogens (tertiary/aromatic N) is 2. The van der Waals surface area contributed by atoms with Crippen LogP contribution in [0.5, 0.6) is 5.75 Å². The maximum Gasteiger partial charge on any atom is 0.322 e. The predicted molar refractivity (Wildman–Crippen MR) is 296 cm³/mol. The first-order valence-electron chi connectivity index (χ1n) is 25.5. The molecule has 0 aliphatic heterocycles. The van der Waals surface area contributed by atoms with Crippen LogP contribution >= 0.6 is 11.8 Å². The third kappa shape index (κ3) is 20.4. The molecule has 0 spiro atoms. The van der Waals surface area contributed by atoms with E-state index < -0.39 is 115 Å². The number of para-hydroxylation sites is 1. The second kappa shape index (κ2) is 31.4. The van der Waals surface area contributed by atoms with E-state index in [2.05, 4.69) is 57.2 Å². The molecular weight excluding hydrogens is 1060 g/mol. The zero-order valence-corrected chi connectivity index (χ0v) is 44.6. The van der Waals surface area contributed by atoms with Crippen molar-refractivity contribution in [2.24, 2.45) is 22.2 Å². The van der Waals surface area contributed by atoms with Gasteiger partial charge in [0.25, 0.3) is 0 Å². The number of nitrogens with one attached hydrogen (secondary N) is 9. The minimum absolute atomic E-state index is 0.0165. The molecule has 0 aliphatic carbocycles. The highest BCUT2D eigenvalue weighted by molar-refractivity contribution is 7.98. The number of carboxylic acid groups (broad SMARTS) is 2. The lowest BCUT2D eigenvalue weighted by Gasteiger charge is -2.28. The summed E-state index contributed by atoms with van der Waals surface area (Å²) in [5, 5.41) is 47.6. The van der Waals surface area contributed by atoms with Gasteiger partial charge in [0.2, 0.25) is 41.4 Å². The van der Waals surface area contributed by atoms with E-state index in [0.29, 0.717) is 28.1 Å². The number of aromatic nitrogens is 3. The van der Waals surface area contributed by atoms with Crippen molar-refractivity contribution in [1.29, 1.82) is 0 Å². The van der Waals surface area contributed by atoms with Crippen molar-refractivity contribution in [3.05, 3.63) is 120 Å². The number of aliphatic carboxylic acids is 2. The maximum atomic E-state index is 14.7. The molecule has 0 aliphatic rings. The quantitative estimate of drug-likeness (QED) is 0.0136. The number of imidazole rings is 1. The number of carbonyl (C=O) groups is 9. The lowest BCUT2D eigenvalue weighted by molar-refractivity contribution is -0.139. The number of nitrogens with two attached hydrogens (primary N) is 3. The highest BCUT2D eigenvalue weighted by Crippen LogP contribution is 2.20. The molecule has 0 fully saturated rings. The summed E-state index contributed by atoms with van der Waals surface area (Å²) >= 11 is 1.37. The van der Waals surface area contributed by atoms with Crippen LogP contribution < -0.4 is 54.4 Å². The predicted octanol–water partition coefficient (Wildman–Crippen LogP) is -1.02. The fourth-order valence-electron chi connectivity index (χ4n) is 8.33. The van der Waals surface area contributed by atoms with Crippen LogP contribution in [0.15, 0.2) is 103 Å². The van der Waals surface area contributed by atoms with Crippen molar-refractivity contribution >= 4 is 81.9 Å². The summed E-state index contributed by atoms with van der Waals surface area (Å²) in [6, 6.07) is 12.1. The van der Waals surface area contributed by atoms with Gasteiger partial charge in [-0.2, -0.15) is 11.8 Å². The smallest absolute Gasteiger partial charge is 0.322 e. The highest BCUT2D eigenvalue weighted by atomic mass is 32.2. The summed E-state index contributed by atoms with van der Waals surface area (Å²) in [6.07, 6.45) is 4.72. The van der Waals surface area contributed by atoms with Crippen molar-refractivity contribution < 1.29 is 58.5 Å². The Morgan fingerprint density at radius 1 is 0.613 bits per heavy atom. The van der Waals surface area contributed by atoms with Gasteiger partial charge in [-0.05, 0) is 79.0 Å². The normalized spacial score (nSPS) is 13.6. The molecular formula is C53H68N14O12S. The fourth-order valence-corrected chi connectivity index (χ4v) is 8.80. The molecule has 0 saturated heterocycles. The van der Waals surface area contributed by atoms with Gasteiger partial charge < -0.3 is 79.7 Å². The third-order valence-corrected chi connectivity index (χ3v) is 13.1. The van der Waals surface area contributed by atoms with Gasteiger partial charge in [-0.1, -0.05) is 60.7 Å². The zero-order chi connectivity index (χ0) is 58.1. The van der Waals surface area contributed by atoms with Crippen LogP contribution in [0.4, 0.5) is 0 Å². The average Bonchev–Trinajstić information content (AvgIpc) is 4.11. The van der Waals surface area contributed by atoms with Crippen LogP contribution in [0.25, 0.3) is 10.9 Å². The summed E-state index contributed by atoms with van der Waals surface area (Å²) in [5.74, 6) is -8.49. The Kier molecular flexibility index (Phi) is 24.3. The van der Waals surface area contributed by atoms with E-state index in [1.807, 2.05) is 6.07 Å². The molecule has 7 unspecified atom stereocenters. The standard InChI is InChI=1S/C53H68N14O12S/c1-80-21-19-40(62-46(73)36(54)22-31-13-15-34(68)16-14-31)50(77)64-39(17-18-44(69)70)49(76)67-43(25-33-27-57-29-61-33)52(79)65-41(23-30-8-3-2-4-9-30)51(78)63-38(12-7-20-58-53(55)56)48(75)66-42(47(74)60-28-45(71)72)24-32-26-59-37-11-6-5-10-35(32)37/h2-6,8-11,13-16,26-27,29,36,38-43,59,68H,7,12,17-25,28,54H2,1H3,(H,57,61)(H,60,74)(H,62,73)(H,63,78)(H,64,77)(H,65,79)(H,66,75)(H,67,76)(H,69,70)(H,71,72)(H4,55,56,58). The number of hydrogen-bond acceptors (Lipinski definition) is 14. The van der Waals surface area contributed by atoms with Gasteiger partial charge in [-0.15, -0.1) is 0 Å². The molecule has 26 nitrogen and oxygen atoms in total. The van der Waals surface area contributed by atoms with Crippen LogP contribution in [-0.4, -0.2) is 157 Å². The van der Waals surface area contributed by atoms with Gasteiger partial charge in [0.05, 0.1) is 12.4 Å². The first-order valence-corrected chi connectivity index (χ1v) is 26.9. The number of benzene rings is 3. The topological polar surface area (TPSA) is 433 Å². The monoisotopic (exact) mass is 1120 g/mol. The first-order chi connectivity index (χ1) is 38.3. The molecule has 27 heteroatoms. The molecule has 0 bridgehead atoms. The van der Waals surface area contributed by atoms with Crippen LogP contribution in [0.1, 0.15) is 54.5 Å². The van der Waals surface area contributed by atoms with Gasteiger partial charge in [-0.25, -0.2) is 4.98 Å². The summed E-state index contributed by atoms with van der Waals surface area (Å²) < 4.78 is 0. The molecule has 80 heavy (non-hydrogen) atoms. The molecule has 7 atom stereocenters. The first kappa shape index (κ1) is 61.9. The van der Waals surface area contributed by atoms with Crippen LogP contribution in [-0.2, 0) is 68.8 Å². The maximum absolute atomic E-state index is 14.7. The summed E-state index contributed by atoms with van der Waals surface area (Å²) in [5.41, 5.74) is 20.2. The van der Waals surface area contributed by atoms with E-state index in [1.165, 1.54) is 36.4 Å². The van der Waals surface area contributed by atoms with Crippen molar-refractivity contribution in [1.82, 2.24) is 52.2 Å². The van der Waals surface area contributed by atoms with Gasteiger partial charge >= 0.3 is 11.9 Å². The Balaban J connectivity index is 1.40. The molecule has 2 heterocycles. The summed E-state index contributed by atoms with van der Waals surface area (Å²) in [4.78, 5) is 136. The Morgan fingerprint density at radius 2 is 1.16 bits per heavy atom. The molecule has 3 aromatic carbocycles. The molecule has 5 aromatic rings. The van der Waals surface area contributed by atoms with Crippen molar-refractivity contribution in [2.45, 2.75) is 100 Å². The number of phenolic OH excluding ortho intramolecular Hbond substituents is 1. The Bertz CT molecular complexity index is 2920. The van der Waals surface area contributed by atoms with E-state index in [1.54, 1.807) is 73.1 Å². The lowest BCUT2D eigenvalue weighted by atomic mass is 10.0. The van der Waals surface area contributed by atoms with E-state index in [-0.39, 0.29) is 63.2 Å². The van der Waals surface area contributed by atoms with Gasteiger partial charge in [0.1, 0.15) is 48.5 Å². The molecule has 7 amide bonds. The van der Waals surface area contributed by atoms with Gasteiger partial charge in [0, 0.05) is 61.2 Å². The summed E-state index contributed by atoms with van der Waals surface area (Å²) in [6.45, 7) is -0.729. The molecule has 2 aromatic heterocycles. The number of phenols is 1. The van der Waals surface area contributed by atoms with Crippen molar-refractivity contribution in [3.8, 4) is 5.75 Å². The number of carbonyl (C=O) groups excluding carboxylic acids is 7. The van der Waals surface area contributed by atoms with Crippen molar-refractivity contribution in [2.75, 3.05) is 25.1 Å². The van der Waals surface area contributed by atoms with Gasteiger partial charge in [0.15, 0.2) is 5.96 Å². The number of thioether (sulfide) groups is 1. The van der Waals surface area contributed by atoms with E-state index >= 15 is 0 Å². The summed E-state index contributed by atoms with van der Waals surface area (Å²) in [7, 11) is 0. The zero-order valence-electron chi connectivity index (χ0n) is 43.8. The van der Waals surface area contributed by atoms with Gasteiger partial charge in [-0.3, -0.25) is 48.1 Å². The molecule has 18 N–H and O–H groups in total. The second-order valence-corrected chi connectivity index (χ2v) is 19.6. The number of fused-ring (bicyclic) bond motifs is 1. The van der Waals surface area contributed by atoms with Crippen LogP contribution in [0.2, 0.25) is 0 Å². The number of carboxylic acids is 2. The highest BCUT2D eigenvalue weighted by Gasteiger charge is 2.35. The largest absolute Gasteiger partial charge is 0.508 e. The number of rotatable bonds is 33. The van der Waals surface area contributed by atoms with Crippen LogP contribution in [0.3, 0.4) is 0 Å². The second-order valence-electron chi connectivity index (χ2n) is 18.7. The number of guanidine groups is 1. The number of amides is 7. The van der Waals surface area contributed by atoms with E-state index in [4.69, 9.17) is 17.2 Å². The third-order valence-electron chi connectivity index (χ3n) is 12.5. The van der Waals surface area contributed by atoms with E-state index in [0.717, 1.165) is 10.9 Å². The Hall–Kier alpha value is -8.98. The molecule has 0 saturated carbocycles. The molecule has 0 radical (unpaired) electrons. The fraction of sp³-hybridized carbons (Fsp3) is 0.377. The Labute approximate surface area is 464 Å². The number of aromatic hydroxyl groups is 1. The number of H-pyrrole nitrogens is 2. The lowest BCUT2D eigenvalue weighted by Crippen LogP contribution is -2.60. The number of hydrogen-bond donors (Lipinski definition) is 15. The van der Waals surface area contributed by atoms with E-state index in [9.17, 15) is 58.5 Å². The molecule has 428 valence electrons. The minimum Gasteiger partial charge on any atom is -0.508 e. The molecule has 5 rings (SSSR count). The van der Waals surface area contributed by atoms with Crippen LogP contribution in [0, 0.1) is 0 Å². The minimum atomic E-state index is -1.58. The number of aromatic amines is 2. The van der Waals surface area contributed by atoms with Crippen molar-refractivity contribution in [3.63, 3.8) is 0 Å². The Morgan fingerprint density at radius 3 is 1.76 bits per heavy atom. The number of aliphatic imine (C=N–C) groups is 1. The SMILES string of the molecule is CSCCC(NC(=O)C(N)Cc1ccc(O)cc1)C(=O)NC(CCC(=O)O)C(=O)NC(Cc1cnc[nH]1)C(=O)NC(Cc1ccccc1)C(=O)NC(CCCN=C(N)N)C(=O)NC(Cc1c[nH]c2ccccc12)C(=O)NCC(=O)O.